The first-order valence-corrected chi connectivity index (χ1v) is 7.45. The first-order valence-electron chi connectivity index (χ1n) is 6.65. The Kier molecular flexibility index (Phi) is 5.29. The van der Waals surface area contributed by atoms with Crippen molar-refractivity contribution in [3.8, 4) is 0 Å². The molecule has 1 atom stereocenters. The van der Waals surface area contributed by atoms with E-state index in [1.165, 1.54) is 11.6 Å². The number of halogens is 2. The van der Waals surface area contributed by atoms with Gasteiger partial charge in [-0.05, 0) is 29.7 Å². The van der Waals surface area contributed by atoms with Gasteiger partial charge in [-0.1, -0.05) is 59.6 Å². The fraction of sp³-hybridized carbons (Fsp3) is 0.250. The Morgan fingerprint density at radius 3 is 2.70 bits per heavy atom. The van der Waals surface area contributed by atoms with E-state index in [0.717, 1.165) is 18.4 Å². The third-order valence-corrected chi connectivity index (χ3v) is 3.76. The average molecular weight is 337 g/mol. The smallest absolute Gasteiger partial charge is 0.129 e. The number of aryl methyl sites for hydroxylation is 1. The van der Waals surface area contributed by atoms with Crippen molar-refractivity contribution in [3.05, 3.63) is 69.4 Å². The number of rotatable bonds is 5. The molecule has 20 heavy (non-hydrogen) atoms. The lowest BCUT2D eigenvalue weighted by molar-refractivity contribution is 0.559. The lowest BCUT2D eigenvalue weighted by atomic mass is 9.96. The van der Waals surface area contributed by atoms with Crippen molar-refractivity contribution in [3.63, 3.8) is 0 Å². The van der Waals surface area contributed by atoms with E-state index in [2.05, 4.69) is 40.4 Å². The van der Waals surface area contributed by atoms with Crippen molar-refractivity contribution in [1.29, 1.82) is 0 Å². The molecular weight excluding hydrogens is 319 g/mol. The zero-order valence-corrected chi connectivity index (χ0v) is 13.0. The van der Waals surface area contributed by atoms with Gasteiger partial charge in [0.15, 0.2) is 0 Å². The second kappa shape index (κ2) is 6.97. The molecule has 0 aliphatic carbocycles. The summed E-state index contributed by atoms with van der Waals surface area (Å²) in [6.45, 7) is 2.14. The first-order chi connectivity index (χ1) is 9.65. The normalized spacial score (nSPS) is 12.4. The number of nitrogens with one attached hydrogen (secondary N) is 1. The van der Waals surface area contributed by atoms with Gasteiger partial charge in [0, 0.05) is 10.0 Å². The lowest BCUT2D eigenvalue weighted by Gasteiger charge is -2.18. The predicted molar refractivity (Wildman–Crippen MR) is 83.7 cm³/mol. The molecule has 0 saturated carbocycles. The van der Waals surface area contributed by atoms with Crippen molar-refractivity contribution in [2.24, 2.45) is 5.84 Å². The Morgan fingerprint density at radius 2 is 2.05 bits per heavy atom. The summed E-state index contributed by atoms with van der Waals surface area (Å²) >= 11 is 3.26. The maximum Gasteiger partial charge on any atom is 0.129 e. The van der Waals surface area contributed by atoms with Crippen LogP contribution in [0.25, 0.3) is 0 Å². The van der Waals surface area contributed by atoms with Gasteiger partial charge in [0.2, 0.25) is 0 Å². The Bertz CT molecular complexity index is 586. The zero-order valence-electron chi connectivity index (χ0n) is 11.4. The molecule has 0 bridgehead atoms. The number of hydrogen-bond donors (Lipinski definition) is 2. The first kappa shape index (κ1) is 15.2. The molecule has 0 saturated heterocycles. The van der Waals surface area contributed by atoms with Gasteiger partial charge in [-0.2, -0.15) is 0 Å². The topological polar surface area (TPSA) is 38.0 Å². The Morgan fingerprint density at radius 1 is 1.25 bits per heavy atom. The maximum absolute atomic E-state index is 14.1. The van der Waals surface area contributed by atoms with E-state index in [1.807, 2.05) is 18.2 Å². The van der Waals surface area contributed by atoms with Gasteiger partial charge in [-0.3, -0.25) is 5.84 Å². The van der Waals surface area contributed by atoms with Crippen LogP contribution in [0, 0.1) is 5.82 Å². The number of hydrazine groups is 1. The van der Waals surface area contributed by atoms with E-state index in [1.54, 1.807) is 6.07 Å². The second-order valence-electron chi connectivity index (χ2n) is 4.76. The number of nitrogens with two attached hydrogens (primary N) is 1. The summed E-state index contributed by atoms with van der Waals surface area (Å²) in [4.78, 5) is 0. The summed E-state index contributed by atoms with van der Waals surface area (Å²) in [5, 5.41) is 0. The van der Waals surface area contributed by atoms with Crippen molar-refractivity contribution < 1.29 is 4.39 Å². The number of benzene rings is 2. The quantitative estimate of drug-likeness (QED) is 0.637. The minimum Gasteiger partial charge on any atom is -0.271 e. The fourth-order valence-corrected chi connectivity index (χ4v) is 2.65. The summed E-state index contributed by atoms with van der Waals surface area (Å²) < 4.78 is 14.8. The van der Waals surface area contributed by atoms with Crippen molar-refractivity contribution in [1.82, 2.24) is 5.43 Å². The predicted octanol–water partition coefficient (Wildman–Crippen LogP) is 4.09. The van der Waals surface area contributed by atoms with Gasteiger partial charge in [0.1, 0.15) is 5.82 Å². The Balaban J connectivity index is 2.38. The van der Waals surface area contributed by atoms with Crippen LogP contribution in [-0.4, -0.2) is 0 Å². The van der Waals surface area contributed by atoms with Crippen molar-refractivity contribution in [2.45, 2.75) is 25.8 Å². The molecule has 0 aliphatic rings. The minimum atomic E-state index is -0.347. The molecule has 3 N–H and O–H groups in total. The largest absolute Gasteiger partial charge is 0.271 e. The van der Waals surface area contributed by atoms with Crippen LogP contribution in [0.1, 0.15) is 36.1 Å². The highest BCUT2D eigenvalue weighted by atomic mass is 79.9. The molecule has 0 fully saturated rings. The molecular formula is C16H18BrFN2. The molecule has 1 unspecified atom stereocenters. The van der Waals surface area contributed by atoms with Gasteiger partial charge in [-0.15, -0.1) is 0 Å². The van der Waals surface area contributed by atoms with Gasteiger partial charge in [0.05, 0.1) is 6.04 Å². The van der Waals surface area contributed by atoms with Crippen molar-refractivity contribution >= 4 is 15.9 Å². The van der Waals surface area contributed by atoms with Crippen LogP contribution in [-0.2, 0) is 6.42 Å². The highest BCUT2D eigenvalue weighted by Gasteiger charge is 2.17. The molecule has 0 aromatic heterocycles. The lowest BCUT2D eigenvalue weighted by Crippen LogP contribution is -2.29. The van der Waals surface area contributed by atoms with E-state index in [4.69, 9.17) is 5.84 Å². The molecule has 106 valence electrons. The van der Waals surface area contributed by atoms with Gasteiger partial charge in [-0.25, -0.2) is 9.82 Å². The van der Waals surface area contributed by atoms with Gasteiger partial charge in [0.25, 0.3) is 0 Å². The van der Waals surface area contributed by atoms with Crippen LogP contribution >= 0.6 is 15.9 Å². The van der Waals surface area contributed by atoms with Crippen LogP contribution in [0.2, 0.25) is 0 Å². The molecule has 2 nitrogen and oxygen atoms in total. The molecule has 2 aromatic carbocycles. The molecule has 2 rings (SSSR count). The van der Waals surface area contributed by atoms with E-state index in [-0.39, 0.29) is 11.9 Å². The molecule has 4 heteroatoms. The third-order valence-electron chi connectivity index (χ3n) is 3.26. The third kappa shape index (κ3) is 3.45. The molecule has 2 aromatic rings. The minimum absolute atomic E-state index is 0.275. The van der Waals surface area contributed by atoms with Crippen LogP contribution in [0.3, 0.4) is 0 Å². The van der Waals surface area contributed by atoms with E-state index in [9.17, 15) is 4.39 Å². The maximum atomic E-state index is 14.1. The summed E-state index contributed by atoms with van der Waals surface area (Å²) in [7, 11) is 0. The summed E-state index contributed by atoms with van der Waals surface area (Å²) in [6, 6.07) is 12.8. The molecule has 0 aliphatic heterocycles. The van der Waals surface area contributed by atoms with Gasteiger partial charge < -0.3 is 0 Å². The summed E-state index contributed by atoms with van der Waals surface area (Å²) in [5.41, 5.74) is 5.47. The van der Waals surface area contributed by atoms with Crippen LogP contribution < -0.4 is 11.3 Å². The summed E-state index contributed by atoms with van der Waals surface area (Å²) in [6.07, 6.45) is 2.09. The highest BCUT2D eigenvalue weighted by molar-refractivity contribution is 9.10. The average Bonchev–Trinajstić information content (AvgIpc) is 2.43. The molecule has 0 amide bonds. The molecule has 0 radical (unpaired) electrons. The van der Waals surface area contributed by atoms with Crippen molar-refractivity contribution in [2.75, 3.05) is 0 Å². The standard InChI is InChI=1S/C16H18BrFN2/c1-2-4-11-5-3-6-12(9-11)16(20-19)14-8-7-13(17)10-15(14)18/h3,5-10,16,20H,2,4,19H2,1H3. The van der Waals surface area contributed by atoms with Gasteiger partial charge >= 0.3 is 0 Å². The SMILES string of the molecule is CCCc1cccc(C(NN)c2ccc(Br)cc2F)c1. The Hall–Kier alpha value is -1.23. The van der Waals surface area contributed by atoms with E-state index >= 15 is 0 Å². The highest BCUT2D eigenvalue weighted by Crippen LogP contribution is 2.26. The van der Waals surface area contributed by atoms with Crippen LogP contribution in [0.5, 0.6) is 0 Å². The second-order valence-corrected chi connectivity index (χ2v) is 5.68. The monoisotopic (exact) mass is 336 g/mol. The number of hydrogen-bond acceptors (Lipinski definition) is 2. The zero-order chi connectivity index (χ0) is 14.5. The van der Waals surface area contributed by atoms with Crippen LogP contribution in [0.15, 0.2) is 46.9 Å². The fourth-order valence-electron chi connectivity index (χ4n) is 2.32. The van der Waals surface area contributed by atoms with E-state index < -0.39 is 0 Å². The van der Waals surface area contributed by atoms with E-state index in [0.29, 0.717) is 10.0 Å². The van der Waals surface area contributed by atoms with Crippen LogP contribution in [0.4, 0.5) is 4.39 Å². The Labute approximate surface area is 127 Å². The summed E-state index contributed by atoms with van der Waals surface area (Å²) in [5.74, 6) is 5.36. The molecule has 0 spiro atoms. The molecule has 0 heterocycles.